The number of hydrogen-bond donors (Lipinski definition) is 0. The van der Waals surface area contributed by atoms with Gasteiger partial charge in [0.2, 0.25) is 0 Å². The number of benzene rings is 1. The predicted octanol–water partition coefficient (Wildman–Crippen LogP) is 2.00. The summed E-state index contributed by atoms with van der Waals surface area (Å²) in [6.07, 6.45) is 4.95. The van der Waals surface area contributed by atoms with Crippen molar-refractivity contribution in [3.05, 3.63) is 41.5 Å². The summed E-state index contributed by atoms with van der Waals surface area (Å²) in [5.74, 6) is -0.464. The maximum Gasteiger partial charge on any atom is 0.192 e. The predicted molar refractivity (Wildman–Crippen MR) is 53.8 cm³/mol. The molecule has 0 saturated carbocycles. The molecule has 0 aromatic heterocycles. The highest BCUT2D eigenvalue weighted by atomic mass is 16.7. The Balaban J connectivity index is 2.00. The second-order valence-corrected chi connectivity index (χ2v) is 3.72. The first kappa shape index (κ1) is 8.21. The van der Waals surface area contributed by atoms with Crippen LogP contribution in [-0.4, -0.2) is 19.0 Å². The van der Waals surface area contributed by atoms with E-state index in [1.807, 2.05) is 6.08 Å². The molecule has 3 rings (SSSR count). The van der Waals surface area contributed by atoms with Gasteiger partial charge in [0.15, 0.2) is 5.79 Å². The van der Waals surface area contributed by atoms with Gasteiger partial charge in [0.05, 0.1) is 13.2 Å². The highest BCUT2D eigenvalue weighted by molar-refractivity contribution is 5.58. The van der Waals surface area contributed by atoms with Gasteiger partial charge in [0.25, 0.3) is 0 Å². The average molecular weight is 188 g/mol. The summed E-state index contributed by atoms with van der Waals surface area (Å²) in [5.41, 5.74) is 2.58. The third kappa shape index (κ3) is 1.19. The van der Waals surface area contributed by atoms with Gasteiger partial charge < -0.3 is 9.47 Å². The first-order valence-electron chi connectivity index (χ1n) is 4.93. The first-order chi connectivity index (χ1) is 6.88. The maximum atomic E-state index is 5.63. The van der Waals surface area contributed by atoms with Crippen LogP contribution in [-0.2, 0) is 15.9 Å². The van der Waals surface area contributed by atoms with Crippen molar-refractivity contribution in [2.24, 2.45) is 0 Å². The molecule has 14 heavy (non-hydrogen) atoms. The van der Waals surface area contributed by atoms with Crippen molar-refractivity contribution in [2.75, 3.05) is 13.2 Å². The van der Waals surface area contributed by atoms with E-state index in [1.54, 1.807) is 0 Å². The van der Waals surface area contributed by atoms with E-state index in [9.17, 15) is 0 Å². The maximum absolute atomic E-state index is 5.63. The number of rotatable bonds is 0. The minimum Gasteiger partial charge on any atom is -0.344 e. The molecule has 1 fully saturated rings. The van der Waals surface area contributed by atoms with E-state index in [2.05, 4.69) is 30.3 Å². The normalized spacial score (nSPS) is 22.6. The zero-order valence-corrected chi connectivity index (χ0v) is 7.90. The van der Waals surface area contributed by atoms with Gasteiger partial charge in [0.1, 0.15) is 0 Å². The Labute approximate surface area is 83.1 Å². The zero-order chi connectivity index (χ0) is 9.43. The van der Waals surface area contributed by atoms with E-state index in [-0.39, 0.29) is 0 Å². The van der Waals surface area contributed by atoms with E-state index in [4.69, 9.17) is 9.47 Å². The van der Waals surface area contributed by atoms with E-state index >= 15 is 0 Å². The van der Waals surface area contributed by atoms with E-state index in [1.165, 1.54) is 11.1 Å². The molecule has 0 bridgehead atoms. The molecule has 1 aliphatic carbocycles. The van der Waals surface area contributed by atoms with Gasteiger partial charge in [-0.15, -0.1) is 0 Å². The lowest BCUT2D eigenvalue weighted by Crippen LogP contribution is -2.32. The molecule has 2 aliphatic rings. The Bertz CT molecular complexity index is 376. The molecule has 1 saturated heterocycles. The lowest BCUT2D eigenvalue weighted by atomic mass is 9.93. The van der Waals surface area contributed by atoms with Crippen LogP contribution >= 0.6 is 0 Å². The lowest BCUT2D eigenvalue weighted by Gasteiger charge is -2.27. The summed E-state index contributed by atoms with van der Waals surface area (Å²) in [4.78, 5) is 0. The van der Waals surface area contributed by atoms with Crippen molar-refractivity contribution < 1.29 is 9.47 Å². The molecule has 1 aliphatic heterocycles. The molecular weight excluding hydrogens is 176 g/mol. The molecule has 72 valence electrons. The Morgan fingerprint density at radius 3 is 2.71 bits per heavy atom. The third-order valence-corrected chi connectivity index (χ3v) is 2.78. The molecule has 0 unspecified atom stereocenters. The molecule has 2 nitrogen and oxygen atoms in total. The fourth-order valence-electron chi connectivity index (χ4n) is 2.07. The smallest absolute Gasteiger partial charge is 0.192 e. The monoisotopic (exact) mass is 188 g/mol. The van der Waals surface area contributed by atoms with Crippen molar-refractivity contribution in [1.82, 2.24) is 0 Å². The molecule has 1 spiro atoms. The summed E-state index contributed by atoms with van der Waals surface area (Å²) in [6.45, 7) is 1.40. The Kier molecular flexibility index (Phi) is 1.72. The Morgan fingerprint density at radius 1 is 1.07 bits per heavy atom. The molecule has 0 amide bonds. The summed E-state index contributed by atoms with van der Waals surface area (Å²) < 4.78 is 11.3. The van der Waals surface area contributed by atoms with Crippen LogP contribution in [0.15, 0.2) is 30.3 Å². The van der Waals surface area contributed by atoms with Crippen LogP contribution in [0.5, 0.6) is 0 Å². The number of fused-ring (bicyclic) bond motifs is 1. The van der Waals surface area contributed by atoms with Crippen molar-refractivity contribution in [3.8, 4) is 0 Å². The summed E-state index contributed by atoms with van der Waals surface area (Å²) in [5, 5.41) is 0. The highest BCUT2D eigenvalue weighted by Gasteiger charge is 2.36. The summed E-state index contributed by atoms with van der Waals surface area (Å²) in [7, 11) is 0. The highest BCUT2D eigenvalue weighted by Crippen LogP contribution is 2.32. The average Bonchev–Trinajstić information content (AvgIpc) is 2.66. The van der Waals surface area contributed by atoms with Crippen LogP contribution in [0.25, 0.3) is 6.08 Å². The molecule has 0 radical (unpaired) electrons. The van der Waals surface area contributed by atoms with E-state index < -0.39 is 5.79 Å². The topological polar surface area (TPSA) is 18.5 Å². The molecule has 2 heteroatoms. The minimum absolute atomic E-state index is 0.464. The van der Waals surface area contributed by atoms with Gasteiger partial charge in [-0.2, -0.15) is 0 Å². The van der Waals surface area contributed by atoms with Crippen molar-refractivity contribution in [3.63, 3.8) is 0 Å². The van der Waals surface area contributed by atoms with Gasteiger partial charge >= 0.3 is 0 Å². The SMILES string of the molecule is C1=CC2(Cc3ccccc31)OCCO2. The van der Waals surface area contributed by atoms with Crippen LogP contribution in [0.2, 0.25) is 0 Å². The Hall–Kier alpha value is -1.12. The van der Waals surface area contributed by atoms with Crippen molar-refractivity contribution in [1.29, 1.82) is 0 Å². The summed E-state index contributed by atoms with van der Waals surface area (Å²) >= 11 is 0. The lowest BCUT2D eigenvalue weighted by molar-refractivity contribution is -0.115. The van der Waals surface area contributed by atoms with Crippen LogP contribution < -0.4 is 0 Å². The van der Waals surface area contributed by atoms with Gasteiger partial charge in [-0.1, -0.05) is 30.3 Å². The zero-order valence-electron chi connectivity index (χ0n) is 7.90. The molecule has 0 atom stereocenters. The Morgan fingerprint density at radius 2 is 1.86 bits per heavy atom. The molecular formula is C12H12O2. The van der Waals surface area contributed by atoms with Crippen molar-refractivity contribution >= 4 is 6.08 Å². The minimum atomic E-state index is -0.464. The van der Waals surface area contributed by atoms with E-state index in [0.29, 0.717) is 13.2 Å². The fraction of sp³-hybridized carbons (Fsp3) is 0.333. The first-order valence-corrected chi connectivity index (χ1v) is 4.93. The number of hydrogen-bond acceptors (Lipinski definition) is 2. The largest absolute Gasteiger partial charge is 0.344 e. The van der Waals surface area contributed by atoms with Crippen LogP contribution in [0.1, 0.15) is 11.1 Å². The molecule has 1 aromatic carbocycles. The molecule has 0 N–H and O–H groups in total. The van der Waals surface area contributed by atoms with Gasteiger partial charge in [-0.3, -0.25) is 0 Å². The van der Waals surface area contributed by atoms with Crippen molar-refractivity contribution in [2.45, 2.75) is 12.2 Å². The van der Waals surface area contributed by atoms with E-state index in [0.717, 1.165) is 6.42 Å². The van der Waals surface area contributed by atoms with Crippen LogP contribution in [0.4, 0.5) is 0 Å². The molecule has 1 aromatic rings. The molecule has 1 heterocycles. The van der Waals surface area contributed by atoms with Gasteiger partial charge in [-0.25, -0.2) is 0 Å². The quantitative estimate of drug-likeness (QED) is 0.620. The third-order valence-electron chi connectivity index (χ3n) is 2.78. The van der Waals surface area contributed by atoms with Crippen LogP contribution in [0.3, 0.4) is 0 Å². The van der Waals surface area contributed by atoms with Gasteiger partial charge in [-0.05, 0) is 17.2 Å². The van der Waals surface area contributed by atoms with Gasteiger partial charge in [0, 0.05) is 6.42 Å². The summed E-state index contributed by atoms with van der Waals surface area (Å²) in [6, 6.07) is 8.36. The fourth-order valence-corrected chi connectivity index (χ4v) is 2.07. The number of ether oxygens (including phenoxy) is 2. The standard InChI is InChI=1S/C12H12O2/c1-2-4-11-9-12(13-7-8-14-12)6-5-10(11)3-1/h1-6H,7-9H2. The second-order valence-electron chi connectivity index (χ2n) is 3.72. The second kappa shape index (κ2) is 2.94. The van der Waals surface area contributed by atoms with Crippen LogP contribution in [0, 0.1) is 0 Å².